The van der Waals surface area contributed by atoms with Crippen molar-refractivity contribution in [2.45, 2.75) is 19.8 Å². The molecule has 0 aliphatic carbocycles. The maximum absolute atomic E-state index is 11.8. The Labute approximate surface area is 100 Å². The van der Waals surface area contributed by atoms with Crippen molar-refractivity contribution in [1.82, 2.24) is 4.98 Å². The lowest BCUT2D eigenvalue weighted by atomic mass is 10.1. The third-order valence-corrected chi connectivity index (χ3v) is 2.51. The highest BCUT2D eigenvalue weighted by molar-refractivity contribution is 6.02. The van der Waals surface area contributed by atoms with Gasteiger partial charge in [-0.1, -0.05) is 31.5 Å². The van der Waals surface area contributed by atoms with Gasteiger partial charge < -0.3 is 4.74 Å². The molecule has 2 rings (SSSR count). The lowest BCUT2D eigenvalue weighted by Gasteiger charge is -2.05. The van der Waals surface area contributed by atoms with Crippen LogP contribution in [0.2, 0.25) is 0 Å². The molecule has 17 heavy (non-hydrogen) atoms. The zero-order valence-corrected chi connectivity index (χ0v) is 9.77. The molecular formula is C14H14NO2. The van der Waals surface area contributed by atoms with E-state index in [1.807, 2.05) is 24.3 Å². The Hall–Kier alpha value is -1.90. The molecule has 0 saturated heterocycles. The van der Waals surface area contributed by atoms with Gasteiger partial charge in [0.1, 0.15) is 0 Å². The van der Waals surface area contributed by atoms with Gasteiger partial charge in [0, 0.05) is 11.6 Å². The van der Waals surface area contributed by atoms with Crippen LogP contribution in [0.5, 0.6) is 0 Å². The summed E-state index contributed by atoms with van der Waals surface area (Å²) in [6.45, 7) is 2.50. The Morgan fingerprint density at radius 1 is 1.47 bits per heavy atom. The molecule has 1 aromatic heterocycles. The smallest absolute Gasteiger partial charge is 0.357 e. The maximum atomic E-state index is 11.8. The molecule has 3 heteroatoms. The van der Waals surface area contributed by atoms with Gasteiger partial charge in [0.25, 0.3) is 0 Å². The average molecular weight is 228 g/mol. The van der Waals surface area contributed by atoms with Gasteiger partial charge in [-0.25, -0.2) is 9.78 Å². The number of nitrogens with zero attached hydrogens (tertiary/aromatic N) is 1. The van der Waals surface area contributed by atoms with Gasteiger partial charge in [-0.15, -0.1) is 0 Å². The molecule has 1 aromatic carbocycles. The third-order valence-electron chi connectivity index (χ3n) is 2.51. The molecule has 87 valence electrons. The Morgan fingerprint density at radius 3 is 3.18 bits per heavy atom. The fourth-order valence-electron chi connectivity index (χ4n) is 1.59. The van der Waals surface area contributed by atoms with Crippen LogP contribution in [0.1, 0.15) is 30.3 Å². The topological polar surface area (TPSA) is 39.2 Å². The highest BCUT2D eigenvalue weighted by Gasteiger charge is 2.12. The van der Waals surface area contributed by atoms with Crippen LogP contribution in [0.25, 0.3) is 10.8 Å². The van der Waals surface area contributed by atoms with Gasteiger partial charge in [-0.3, -0.25) is 0 Å². The number of ether oxygens (including phenoxy) is 1. The van der Waals surface area contributed by atoms with Crippen molar-refractivity contribution in [3.63, 3.8) is 0 Å². The first-order valence-electron chi connectivity index (χ1n) is 5.75. The van der Waals surface area contributed by atoms with Crippen molar-refractivity contribution >= 4 is 16.7 Å². The van der Waals surface area contributed by atoms with Crippen LogP contribution in [-0.2, 0) is 4.74 Å². The number of carbonyl (C=O) groups is 1. The van der Waals surface area contributed by atoms with Crippen molar-refractivity contribution in [2.24, 2.45) is 0 Å². The summed E-state index contributed by atoms with van der Waals surface area (Å²) < 4.78 is 5.16. The minimum atomic E-state index is -0.358. The normalized spacial score (nSPS) is 10.4. The number of aromatic nitrogens is 1. The number of rotatable bonds is 4. The van der Waals surface area contributed by atoms with Gasteiger partial charge in [0.15, 0.2) is 5.69 Å². The molecule has 2 aromatic rings. The molecule has 0 amide bonds. The summed E-state index contributed by atoms with van der Waals surface area (Å²) >= 11 is 0. The maximum Gasteiger partial charge on any atom is 0.357 e. The minimum absolute atomic E-state index is 0.358. The van der Waals surface area contributed by atoms with Gasteiger partial charge in [0.05, 0.1) is 6.61 Å². The molecule has 1 heterocycles. The van der Waals surface area contributed by atoms with E-state index in [0.717, 1.165) is 23.6 Å². The first-order valence-corrected chi connectivity index (χ1v) is 5.75. The summed E-state index contributed by atoms with van der Waals surface area (Å²) in [6.07, 6.45) is 3.49. The predicted molar refractivity (Wildman–Crippen MR) is 65.8 cm³/mol. The molecule has 0 N–H and O–H groups in total. The van der Waals surface area contributed by atoms with Crippen LogP contribution in [0.4, 0.5) is 0 Å². The van der Waals surface area contributed by atoms with Crippen LogP contribution >= 0.6 is 0 Å². The Morgan fingerprint density at radius 2 is 2.35 bits per heavy atom. The van der Waals surface area contributed by atoms with E-state index < -0.39 is 0 Å². The lowest BCUT2D eigenvalue weighted by Crippen LogP contribution is -2.08. The molecule has 0 spiro atoms. The molecule has 0 atom stereocenters. The fraction of sp³-hybridized carbons (Fsp3) is 0.286. The van der Waals surface area contributed by atoms with E-state index in [1.54, 1.807) is 6.20 Å². The summed E-state index contributed by atoms with van der Waals surface area (Å²) in [5.41, 5.74) is 0.371. The van der Waals surface area contributed by atoms with Crippen molar-refractivity contribution in [1.29, 1.82) is 0 Å². The van der Waals surface area contributed by atoms with Crippen LogP contribution < -0.4 is 0 Å². The van der Waals surface area contributed by atoms with Crippen LogP contribution in [0.15, 0.2) is 30.5 Å². The van der Waals surface area contributed by atoms with Crippen LogP contribution in [0, 0.1) is 6.07 Å². The summed E-state index contributed by atoms with van der Waals surface area (Å²) in [5, 5.41) is 1.67. The number of unbranched alkanes of at least 4 members (excludes halogenated alkanes) is 1. The van der Waals surface area contributed by atoms with E-state index in [9.17, 15) is 4.79 Å². The van der Waals surface area contributed by atoms with E-state index in [0.29, 0.717) is 12.3 Å². The molecule has 0 aliphatic heterocycles. The summed E-state index contributed by atoms with van der Waals surface area (Å²) in [4.78, 5) is 15.9. The quantitative estimate of drug-likeness (QED) is 0.596. The summed E-state index contributed by atoms with van der Waals surface area (Å²) in [6, 6.07) is 10.4. The number of esters is 1. The SMILES string of the molecule is CCCCOC(=O)c1nccc2[c]cccc12. The van der Waals surface area contributed by atoms with Gasteiger partial charge in [-0.05, 0) is 23.9 Å². The first kappa shape index (κ1) is 11.6. The molecule has 0 unspecified atom stereocenters. The fourth-order valence-corrected chi connectivity index (χ4v) is 1.59. The first-order chi connectivity index (χ1) is 8.33. The number of carbonyl (C=O) groups excluding carboxylic acids is 1. The molecule has 0 fully saturated rings. The minimum Gasteiger partial charge on any atom is -0.461 e. The van der Waals surface area contributed by atoms with Gasteiger partial charge >= 0.3 is 5.97 Å². The van der Waals surface area contributed by atoms with E-state index in [2.05, 4.69) is 18.0 Å². The van der Waals surface area contributed by atoms with Crippen molar-refractivity contribution in [2.75, 3.05) is 6.61 Å². The van der Waals surface area contributed by atoms with E-state index in [1.165, 1.54) is 0 Å². The molecule has 0 bridgehead atoms. The second kappa shape index (κ2) is 5.43. The molecule has 1 radical (unpaired) electrons. The van der Waals surface area contributed by atoms with Crippen LogP contribution in [-0.4, -0.2) is 17.6 Å². The number of hydrogen-bond donors (Lipinski definition) is 0. The largest absolute Gasteiger partial charge is 0.461 e. The zero-order valence-electron chi connectivity index (χ0n) is 9.77. The second-order valence-corrected chi connectivity index (χ2v) is 3.78. The molecule has 0 saturated carbocycles. The van der Waals surface area contributed by atoms with Gasteiger partial charge in [-0.2, -0.15) is 0 Å². The monoisotopic (exact) mass is 228 g/mol. The Bertz CT molecular complexity index is 517. The molecular weight excluding hydrogens is 214 g/mol. The van der Waals surface area contributed by atoms with Crippen molar-refractivity contribution in [3.05, 3.63) is 42.2 Å². The molecule has 3 nitrogen and oxygen atoms in total. The number of fused-ring (bicyclic) bond motifs is 1. The highest BCUT2D eigenvalue weighted by Crippen LogP contribution is 2.16. The number of benzene rings is 1. The van der Waals surface area contributed by atoms with E-state index in [-0.39, 0.29) is 5.97 Å². The van der Waals surface area contributed by atoms with Gasteiger partial charge in [0.2, 0.25) is 0 Å². The highest BCUT2D eigenvalue weighted by atomic mass is 16.5. The van der Waals surface area contributed by atoms with E-state index >= 15 is 0 Å². The third kappa shape index (κ3) is 2.61. The molecule has 0 aliphatic rings. The standard InChI is InChI=1S/C14H14NO2/c1-2-3-10-17-14(16)13-12-7-5-4-6-11(12)8-9-15-13/h4-5,7-9H,2-3,10H2,1H3. The summed E-state index contributed by atoms with van der Waals surface area (Å²) in [5.74, 6) is -0.358. The Kier molecular flexibility index (Phi) is 3.70. The number of hydrogen-bond acceptors (Lipinski definition) is 3. The zero-order chi connectivity index (χ0) is 12.1. The second-order valence-electron chi connectivity index (χ2n) is 3.78. The van der Waals surface area contributed by atoms with Crippen LogP contribution in [0.3, 0.4) is 0 Å². The predicted octanol–water partition coefficient (Wildman–Crippen LogP) is 2.99. The summed E-state index contributed by atoms with van der Waals surface area (Å²) in [7, 11) is 0. The van der Waals surface area contributed by atoms with Crippen molar-refractivity contribution in [3.8, 4) is 0 Å². The van der Waals surface area contributed by atoms with E-state index in [4.69, 9.17) is 4.74 Å². The lowest BCUT2D eigenvalue weighted by molar-refractivity contribution is 0.0495. The average Bonchev–Trinajstić information content (AvgIpc) is 2.38. The Balaban J connectivity index is 2.26. The number of pyridine rings is 1. The van der Waals surface area contributed by atoms with Crippen molar-refractivity contribution < 1.29 is 9.53 Å².